The van der Waals surface area contributed by atoms with Gasteiger partial charge in [-0.25, -0.2) is 0 Å². The maximum atomic E-state index is 9.84. The average molecular weight is 272 g/mol. The van der Waals surface area contributed by atoms with Gasteiger partial charge in [-0.2, -0.15) is 4.98 Å². The number of hydrogen-bond donors (Lipinski definition) is 2. The van der Waals surface area contributed by atoms with Crippen molar-refractivity contribution >= 4 is 0 Å². The van der Waals surface area contributed by atoms with Crippen LogP contribution in [0.5, 0.6) is 11.5 Å². The van der Waals surface area contributed by atoms with Gasteiger partial charge in [0.1, 0.15) is 17.1 Å². The van der Waals surface area contributed by atoms with Crippen LogP contribution >= 0.6 is 0 Å². The number of phenolic OH excluding ortho intramolecular Hbond substituents is 2. The fourth-order valence-corrected chi connectivity index (χ4v) is 3.80. The third-order valence-electron chi connectivity index (χ3n) is 4.75. The van der Waals surface area contributed by atoms with E-state index in [1.807, 2.05) is 0 Å². The van der Waals surface area contributed by atoms with Gasteiger partial charge in [-0.15, -0.1) is 0 Å². The highest BCUT2D eigenvalue weighted by atomic mass is 16.5. The Kier molecular flexibility index (Phi) is 2.49. The van der Waals surface area contributed by atoms with E-state index in [1.165, 1.54) is 31.4 Å². The van der Waals surface area contributed by atoms with Crippen LogP contribution in [0.1, 0.15) is 37.4 Å². The predicted octanol–water partition coefficient (Wildman–Crippen LogP) is 3.05. The van der Waals surface area contributed by atoms with E-state index in [0.29, 0.717) is 11.8 Å². The van der Waals surface area contributed by atoms with Crippen LogP contribution in [0.15, 0.2) is 22.7 Å². The molecule has 0 saturated heterocycles. The van der Waals surface area contributed by atoms with Crippen LogP contribution in [0.25, 0.3) is 11.5 Å². The van der Waals surface area contributed by atoms with Crippen LogP contribution in [0.3, 0.4) is 0 Å². The zero-order valence-corrected chi connectivity index (χ0v) is 11.0. The highest BCUT2D eigenvalue weighted by Gasteiger charge is 2.42. The fraction of sp³-hybridized carbons (Fsp3) is 0.467. The minimum atomic E-state index is -0.0480. The lowest BCUT2D eigenvalue weighted by molar-refractivity contribution is 0.370. The summed E-state index contributed by atoms with van der Waals surface area (Å²) >= 11 is 0. The first kappa shape index (κ1) is 11.8. The second kappa shape index (κ2) is 4.23. The maximum absolute atomic E-state index is 9.84. The molecule has 2 aromatic rings. The lowest BCUT2D eigenvalue weighted by atomic mass is 9.88. The van der Waals surface area contributed by atoms with Gasteiger partial charge in [0.25, 0.3) is 5.89 Å². The molecule has 2 aliphatic rings. The summed E-state index contributed by atoms with van der Waals surface area (Å²) in [6.45, 7) is 0. The first-order chi connectivity index (χ1) is 9.72. The molecule has 2 N–H and O–H groups in total. The molecule has 0 radical (unpaired) electrons. The van der Waals surface area contributed by atoms with Gasteiger partial charge in [0.05, 0.1) is 0 Å². The number of rotatable bonds is 2. The Morgan fingerprint density at radius 3 is 2.55 bits per heavy atom. The Labute approximate surface area is 116 Å². The Morgan fingerprint density at radius 1 is 1.10 bits per heavy atom. The molecule has 0 amide bonds. The van der Waals surface area contributed by atoms with Crippen molar-refractivity contribution < 1.29 is 14.7 Å². The van der Waals surface area contributed by atoms with Gasteiger partial charge in [0.15, 0.2) is 5.82 Å². The van der Waals surface area contributed by atoms with Crippen molar-refractivity contribution in [1.82, 2.24) is 10.1 Å². The predicted molar refractivity (Wildman–Crippen MR) is 71.3 cm³/mol. The Bertz CT molecular complexity index is 632. The molecule has 2 aliphatic carbocycles. The van der Waals surface area contributed by atoms with Crippen LogP contribution in [0.4, 0.5) is 0 Å². The molecule has 4 rings (SSSR count). The van der Waals surface area contributed by atoms with E-state index in [-0.39, 0.29) is 23.0 Å². The van der Waals surface area contributed by atoms with Crippen molar-refractivity contribution in [3.8, 4) is 23.0 Å². The molecule has 2 saturated carbocycles. The lowest BCUT2D eigenvalue weighted by Gasteiger charge is -2.17. The zero-order chi connectivity index (χ0) is 13.7. The molecular weight excluding hydrogens is 256 g/mol. The molecule has 2 bridgehead atoms. The normalized spacial score (nSPS) is 28.1. The molecule has 0 aliphatic heterocycles. The van der Waals surface area contributed by atoms with E-state index in [9.17, 15) is 10.2 Å². The molecule has 3 atom stereocenters. The van der Waals surface area contributed by atoms with E-state index in [4.69, 9.17) is 4.52 Å². The average Bonchev–Trinajstić information content (AvgIpc) is 3.14. The SMILES string of the molecule is Oc1cccc(O)c1-c1nc(C2CC3CCC2C3)no1. The van der Waals surface area contributed by atoms with Gasteiger partial charge in [-0.05, 0) is 43.2 Å². The minimum Gasteiger partial charge on any atom is -0.507 e. The number of aromatic hydroxyl groups is 2. The van der Waals surface area contributed by atoms with Crippen molar-refractivity contribution in [1.29, 1.82) is 0 Å². The maximum Gasteiger partial charge on any atom is 0.265 e. The molecule has 0 spiro atoms. The number of phenols is 2. The van der Waals surface area contributed by atoms with E-state index in [1.54, 1.807) is 6.07 Å². The van der Waals surface area contributed by atoms with E-state index >= 15 is 0 Å². The summed E-state index contributed by atoms with van der Waals surface area (Å²) in [6, 6.07) is 4.56. The van der Waals surface area contributed by atoms with Crippen LogP contribution in [-0.2, 0) is 0 Å². The molecule has 1 aromatic carbocycles. The van der Waals surface area contributed by atoms with Gasteiger partial charge in [0.2, 0.25) is 0 Å². The highest BCUT2D eigenvalue weighted by Crippen LogP contribution is 2.52. The third-order valence-corrected chi connectivity index (χ3v) is 4.75. The van der Waals surface area contributed by atoms with Crippen molar-refractivity contribution in [3.05, 3.63) is 24.0 Å². The molecule has 3 unspecified atom stereocenters. The molecule has 5 heteroatoms. The molecule has 2 fully saturated rings. The Hall–Kier alpha value is -2.04. The van der Waals surface area contributed by atoms with Crippen molar-refractivity contribution in [2.24, 2.45) is 11.8 Å². The number of benzene rings is 1. The first-order valence-corrected chi connectivity index (χ1v) is 7.07. The van der Waals surface area contributed by atoms with Crippen molar-refractivity contribution in [3.63, 3.8) is 0 Å². The number of hydrogen-bond acceptors (Lipinski definition) is 5. The molecular formula is C15H16N2O3. The summed E-state index contributed by atoms with van der Waals surface area (Å²) in [4.78, 5) is 4.41. The summed E-state index contributed by atoms with van der Waals surface area (Å²) in [7, 11) is 0. The van der Waals surface area contributed by atoms with Crippen LogP contribution in [0.2, 0.25) is 0 Å². The molecule has 5 nitrogen and oxygen atoms in total. The summed E-state index contributed by atoms with van der Waals surface area (Å²) in [5.41, 5.74) is 0.217. The van der Waals surface area contributed by atoms with Crippen molar-refractivity contribution in [2.75, 3.05) is 0 Å². The number of aromatic nitrogens is 2. The number of fused-ring (bicyclic) bond motifs is 2. The van der Waals surface area contributed by atoms with Crippen LogP contribution in [0, 0.1) is 11.8 Å². The summed E-state index contributed by atoms with van der Waals surface area (Å²) in [5, 5.41) is 23.7. The standard InChI is InChI=1S/C15H16N2O3/c18-11-2-1-3-12(19)13(11)15-16-14(17-20-15)10-7-8-4-5-9(10)6-8/h1-3,8-10,18-19H,4-7H2. The highest BCUT2D eigenvalue weighted by molar-refractivity contribution is 5.69. The summed E-state index contributed by atoms with van der Waals surface area (Å²) < 4.78 is 5.25. The van der Waals surface area contributed by atoms with Gasteiger partial charge >= 0.3 is 0 Å². The lowest BCUT2D eigenvalue weighted by Crippen LogP contribution is -2.09. The quantitative estimate of drug-likeness (QED) is 0.878. The molecule has 104 valence electrons. The second-order valence-electron chi connectivity index (χ2n) is 5.91. The molecule has 20 heavy (non-hydrogen) atoms. The largest absolute Gasteiger partial charge is 0.507 e. The zero-order valence-electron chi connectivity index (χ0n) is 11.0. The van der Waals surface area contributed by atoms with Crippen LogP contribution < -0.4 is 0 Å². The number of nitrogens with zero attached hydrogens (tertiary/aromatic N) is 2. The smallest absolute Gasteiger partial charge is 0.265 e. The van der Waals surface area contributed by atoms with E-state index in [2.05, 4.69) is 10.1 Å². The topological polar surface area (TPSA) is 79.4 Å². The van der Waals surface area contributed by atoms with Crippen LogP contribution in [-0.4, -0.2) is 20.4 Å². The first-order valence-electron chi connectivity index (χ1n) is 7.07. The Balaban J connectivity index is 1.69. The van der Waals surface area contributed by atoms with Gasteiger partial charge < -0.3 is 14.7 Å². The fourth-order valence-electron chi connectivity index (χ4n) is 3.80. The minimum absolute atomic E-state index is 0.0480. The Morgan fingerprint density at radius 2 is 1.90 bits per heavy atom. The molecule has 1 heterocycles. The van der Waals surface area contributed by atoms with Gasteiger partial charge in [-0.1, -0.05) is 17.6 Å². The van der Waals surface area contributed by atoms with Crippen molar-refractivity contribution in [2.45, 2.75) is 31.6 Å². The summed E-state index contributed by atoms with van der Waals surface area (Å²) in [6.07, 6.45) is 4.99. The molecule has 1 aromatic heterocycles. The van der Waals surface area contributed by atoms with E-state index in [0.717, 1.165) is 18.2 Å². The monoisotopic (exact) mass is 272 g/mol. The third kappa shape index (κ3) is 1.69. The van der Waals surface area contributed by atoms with Gasteiger partial charge in [-0.3, -0.25) is 0 Å². The van der Waals surface area contributed by atoms with Gasteiger partial charge in [0, 0.05) is 5.92 Å². The summed E-state index contributed by atoms with van der Waals surface area (Å²) in [5.74, 6) is 2.67. The van der Waals surface area contributed by atoms with E-state index < -0.39 is 0 Å². The second-order valence-corrected chi connectivity index (χ2v) is 5.91.